The van der Waals surface area contributed by atoms with Gasteiger partial charge < -0.3 is 10.2 Å². The molecule has 0 bridgehead atoms. The summed E-state index contributed by atoms with van der Waals surface area (Å²) in [5, 5.41) is 0. The third-order valence-corrected chi connectivity index (χ3v) is 4.41. The van der Waals surface area contributed by atoms with E-state index in [0.717, 1.165) is 36.4 Å². The third-order valence-electron chi connectivity index (χ3n) is 4.41. The summed E-state index contributed by atoms with van der Waals surface area (Å²) in [5.74, 6) is 1.85. The van der Waals surface area contributed by atoms with Crippen LogP contribution in [0.25, 0.3) is 11.1 Å². The summed E-state index contributed by atoms with van der Waals surface area (Å²) in [7, 11) is 0. The lowest BCUT2D eigenvalue weighted by atomic mass is 9.79. The zero-order valence-corrected chi connectivity index (χ0v) is 11.6. The van der Waals surface area contributed by atoms with Crippen molar-refractivity contribution in [3.05, 3.63) is 29.7 Å². The molecule has 0 saturated heterocycles. The van der Waals surface area contributed by atoms with E-state index in [9.17, 15) is 0 Å². The van der Waals surface area contributed by atoms with Crippen molar-refractivity contribution in [3.8, 4) is 0 Å². The maximum Gasteiger partial charge on any atom is 0.198 e. The van der Waals surface area contributed by atoms with Gasteiger partial charge in [-0.1, -0.05) is 25.8 Å². The molecular formula is C16H22N2O. The van der Waals surface area contributed by atoms with E-state index in [0.29, 0.717) is 11.8 Å². The van der Waals surface area contributed by atoms with Gasteiger partial charge in [0.2, 0.25) is 0 Å². The van der Waals surface area contributed by atoms with Crippen LogP contribution in [0.1, 0.15) is 50.0 Å². The smallest absolute Gasteiger partial charge is 0.198 e. The molecule has 3 nitrogen and oxygen atoms in total. The molecule has 2 N–H and O–H groups in total. The van der Waals surface area contributed by atoms with Gasteiger partial charge in [-0.2, -0.15) is 0 Å². The summed E-state index contributed by atoms with van der Waals surface area (Å²) in [5.41, 5.74) is 9.12. The van der Waals surface area contributed by atoms with Crippen molar-refractivity contribution in [2.75, 3.05) is 6.54 Å². The number of aromatic nitrogens is 1. The van der Waals surface area contributed by atoms with E-state index < -0.39 is 0 Å². The lowest BCUT2D eigenvalue weighted by molar-refractivity contribution is 0.275. The number of nitrogens with two attached hydrogens (primary N) is 1. The average Bonchev–Trinajstić information content (AvgIpc) is 2.89. The fraction of sp³-hybridized carbons (Fsp3) is 0.562. The molecule has 2 atom stereocenters. The van der Waals surface area contributed by atoms with Gasteiger partial charge in [-0.15, -0.1) is 0 Å². The van der Waals surface area contributed by atoms with E-state index in [-0.39, 0.29) is 0 Å². The Hall–Kier alpha value is -1.35. The number of nitrogens with zero attached hydrogens (tertiary/aromatic N) is 1. The molecule has 1 aliphatic carbocycles. The number of rotatable bonds is 3. The van der Waals surface area contributed by atoms with Gasteiger partial charge >= 0.3 is 0 Å². The van der Waals surface area contributed by atoms with Gasteiger partial charge in [0.1, 0.15) is 5.52 Å². The SMILES string of the molecule is CCc1ccc2oc(C3CCCCC3CN)nc2c1. The summed E-state index contributed by atoms with van der Waals surface area (Å²) in [6, 6.07) is 6.31. The predicted octanol–water partition coefficient (Wildman–Crippen LogP) is 3.62. The Morgan fingerprint density at radius 1 is 1.32 bits per heavy atom. The lowest BCUT2D eigenvalue weighted by Gasteiger charge is -2.27. The van der Waals surface area contributed by atoms with Gasteiger partial charge in [0.15, 0.2) is 11.5 Å². The van der Waals surface area contributed by atoms with E-state index in [2.05, 4.69) is 19.1 Å². The monoisotopic (exact) mass is 258 g/mol. The molecule has 1 fully saturated rings. The predicted molar refractivity (Wildman–Crippen MR) is 77.1 cm³/mol. The topological polar surface area (TPSA) is 52.0 Å². The van der Waals surface area contributed by atoms with Crippen LogP contribution in [0, 0.1) is 5.92 Å². The molecule has 3 rings (SSSR count). The van der Waals surface area contributed by atoms with Crippen LogP contribution < -0.4 is 5.73 Å². The molecule has 1 aliphatic rings. The Bertz CT molecular complexity index is 561. The van der Waals surface area contributed by atoms with E-state index in [4.69, 9.17) is 15.1 Å². The van der Waals surface area contributed by atoms with Gasteiger partial charge in [0.25, 0.3) is 0 Å². The molecule has 0 amide bonds. The molecule has 1 saturated carbocycles. The van der Waals surface area contributed by atoms with Crippen LogP contribution in [0.4, 0.5) is 0 Å². The fourth-order valence-electron chi connectivity index (χ4n) is 3.18. The second kappa shape index (κ2) is 5.33. The summed E-state index contributed by atoms with van der Waals surface area (Å²) >= 11 is 0. The van der Waals surface area contributed by atoms with Crippen LogP contribution in [-0.2, 0) is 6.42 Å². The van der Waals surface area contributed by atoms with Gasteiger partial charge in [0, 0.05) is 5.92 Å². The Morgan fingerprint density at radius 3 is 2.95 bits per heavy atom. The van der Waals surface area contributed by atoms with Crippen molar-refractivity contribution in [1.82, 2.24) is 4.98 Å². The first-order chi connectivity index (χ1) is 9.31. The van der Waals surface area contributed by atoms with E-state index in [1.807, 2.05) is 6.07 Å². The Balaban J connectivity index is 1.95. The minimum absolute atomic E-state index is 0.413. The number of aryl methyl sites for hydroxylation is 1. The van der Waals surface area contributed by atoms with Crippen LogP contribution in [-0.4, -0.2) is 11.5 Å². The Kier molecular flexibility index (Phi) is 3.56. The van der Waals surface area contributed by atoms with E-state index >= 15 is 0 Å². The van der Waals surface area contributed by atoms with Crippen molar-refractivity contribution in [2.24, 2.45) is 11.7 Å². The largest absolute Gasteiger partial charge is 0.440 e. The van der Waals surface area contributed by atoms with E-state index in [1.165, 1.54) is 24.8 Å². The number of hydrogen-bond donors (Lipinski definition) is 1. The van der Waals surface area contributed by atoms with Crippen LogP contribution in [0.15, 0.2) is 22.6 Å². The number of fused-ring (bicyclic) bond motifs is 1. The van der Waals surface area contributed by atoms with Gasteiger partial charge in [0.05, 0.1) is 0 Å². The Labute approximate surface area is 114 Å². The molecule has 19 heavy (non-hydrogen) atoms. The van der Waals surface area contributed by atoms with E-state index in [1.54, 1.807) is 0 Å². The van der Waals surface area contributed by atoms with Crippen molar-refractivity contribution in [2.45, 2.75) is 44.9 Å². The highest BCUT2D eigenvalue weighted by Crippen LogP contribution is 2.37. The highest BCUT2D eigenvalue weighted by molar-refractivity contribution is 5.73. The minimum atomic E-state index is 0.413. The molecule has 0 aliphatic heterocycles. The highest BCUT2D eigenvalue weighted by Gasteiger charge is 2.29. The van der Waals surface area contributed by atoms with Gasteiger partial charge in [-0.3, -0.25) is 0 Å². The van der Waals surface area contributed by atoms with Crippen LogP contribution >= 0.6 is 0 Å². The van der Waals surface area contributed by atoms with Gasteiger partial charge in [-0.25, -0.2) is 4.98 Å². The minimum Gasteiger partial charge on any atom is -0.440 e. The maximum absolute atomic E-state index is 5.97. The number of benzene rings is 1. The van der Waals surface area contributed by atoms with Crippen LogP contribution in [0.2, 0.25) is 0 Å². The standard InChI is InChI=1S/C16H22N2O/c1-2-11-7-8-15-14(9-11)18-16(19-15)13-6-4-3-5-12(13)10-17/h7-9,12-13H,2-6,10,17H2,1H3. The van der Waals surface area contributed by atoms with Crippen molar-refractivity contribution in [1.29, 1.82) is 0 Å². The zero-order chi connectivity index (χ0) is 13.2. The second-order valence-electron chi connectivity index (χ2n) is 5.59. The first kappa shape index (κ1) is 12.7. The summed E-state index contributed by atoms with van der Waals surface area (Å²) in [6.07, 6.45) is 5.96. The molecule has 3 heteroatoms. The molecule has 1 aromatic heterocycles. The number of oxazole rings is 1. The molecule has 1 heterocycles. The lowest BCUT2D eigenvalue weighted by Crippen LogP contribution is -2.25. The normalized spacial score (nSPS) is 23.9. The average molecular weight is 258 g/mol. The molecular weight excluding hydrogens is 236 g/mol. The molecule has 2 unspecified atom stereocenters. The first-order valence-electron chi connectivity index (χ1n) is 7.41. The second-order valence-corrected chi connectivity index (χ2v) is 5.59. The van der Waals surface area contributed by atoms with Crippen molar-refractivity contribution in [3.63, 3.8) is 0 Å². The summed E-state index contributed by atoms with van der Waals surface area (Å²) < 4.78 is 5.97. The molecule has 0 spiro atoms. The molecule has 2 aromatic rings. The molecule has 0 radical (unpaired) electrons. The molecule has 102 valence electrons. The van der Waals surface area contributed by atoms with Gasteiger partial charge in [-0.05, 0) is 49.4 Å². The third kappa shape index (κ3) is 2.39. The van der Waals surface area contributed by atoms with Crippen LogP contribution in [0.3, 0.4) is 0 Å². The first-order valence-corrected chi connectivity index (χ1v) is 7.41. The van der Waals surface area contributed by atoms with Crippen molar-refractivity contribution >= 4 is 11.1 Å². The Morgan fingerprint density at radius 2 is 2.16 bits per heavy atom. The quantitative estimate of drug-likeness (QED) is 0.914. The highest BCUT2D eigenvalue weighted by atomic mass is 16.3. The summed E-state index contributed by atoms with van der Waals surface area (Å²) in [6.45, 7) is 2.90. The van der Waals surface area contributed by atoms with Crippen LogP contribution in [0.5, 0.6) is 0 Å². The maximum atomic E-state index is 5.97. The summed E-state index contributed by atoms with van der Waals surface area (Å²) in [4.78, 5) is 4.72. The molecule has 1 aromatic carbocycles. The zero-order valence-electron chi connectivity index (χ0n) is 11.6. The van der Waals surface area contributed by atoms with Crippen molar-refractivity contribution < 1.29 is 4.42 Å². The fourth-order valence-corrected chi connectivity index (χ4v) is 3.18. The number of hydrogen-bond acceptors (Lipinski definition) is 3.